The molecule has 0 saturated carbocycles. The lowest BCUT2D eigenvalue weighted by atomic mass is 10.4. The fourth-order valence-electron chi connectivity index (χ4n) is 1.09. The maximum atomic E-state index is 11.6. The van der Waals surface area contributed by atoms with Crippen LogP contribution in [0.5, 0.6) is 5.75 Å². The Morgan fingerprint density at radius 3 is 3.06 bits per heavy atom. The average Bonchev–Trinajstić information content (AvgIpc) is 2.34. The van der Waals surface area contributed by atoms with E-state index >= 15 is 0 Å². The predicted molar refractivity (Wildman–Crippen MR) is 61.3 cm³/mol. The molecular weight excluding hydrogens is 206 g/mol. The predicted octanol–water partition coefficient (Wildman–Crippen LogP) is 0.138. The highest BCUT2D eigenvalue weighted by Crippen LogP contribution is 2.05. The van der Waals surface area contributed by atoms with Crippen molar-refractivity contribution in [2.24, 2.45) is 0 Å². The van der Waals surface area contributed by atoms with Crippen LogP contribution in [0.15, 0.2) is 24.5 Å². The number of amides is 1. The lowest BCUT2D eigenvalue weighted by molar-refractivity contribution is -0.131. The summed E-state index contributed by atoms with van der Waals surface area (Å²) in [4.78, 5) is 17.1. The van der Waals surface area contributed by atoms with Gasteiger partial charge in [-0.05, 0) is 19.2 Å². The average molecular weight is 223 g/mol. The van der Waals surface area contributed by atoms with E-state index in [0.717, 1.165) is 6.54 Å². The number of ether oxygens (including phenoxy) is 1. The summed E-state index contributed by atoms with van der Waals surface area (Å²) in [5.41, 5.74) is 0. The summed E-state index contributed by atoms with van der Waals surface area (Å²) in [7, 11) is 3.61. The molecule has 0 unspecified atom stereocenters. The van der Waals surface area contributed by atoms with Crippen LogP contribution in [0.2, 0.25) is 0 Å². The Morgan fingerprint density at radius 1 is 1.62 bits per heavy atom. The number of nitrogens with one attached hydrogen (secondary N) is 1. The van der Waals surface area contributed by atoms with Gasteiger partial charge in [0.25, 0.3) is 5.91 Å². The topological polar surface area (TPSA) is 54.5 Å². The van der Waals surface area contributed by atoms with Crippen molar-refractivity contribution >= 4 is 5.91 Å². The van der Waals surface area contributed by atoms with Crippen molar-refractivity contribution in [1.82, 2.24) is 15.2 Å². The van der Waals surface area contributed by atoms with E-state index in [1.807, 2.05) is 7.05 Å². The molecule has 0 aromatic carbocycles. The first-order valence-corrected chi connectivity index (χ1v) is 5.15. The van der Waals surface area contributed by atoms with Crippen molar-refractivity contribution in [3.05, 3.63) is 24.5 Å². The minimum atomic E-state index is -0.0425. The fraction of sp³-hybridized carbons (Fsp3) is 0.455. The number of likely N-dealkylation sites (N-methyl/N-ethyl adjacent to an activating group) is 2. The molecule has 0 aliphatic carbocycles. The van der Waals surface area contributed by atoms with Gasteiger partial charge in [-0.15, -0.1) is 0 Å². The Labute approximate surface area is 95.4 Å². The molecule has 0 atom stereocenters. The van der Waals surface area contributed by atoms with Crippen molar-refractivity contribution < 1.29 is 9.53 Å². The molecule has 1 heterocycles. The lowest BCUT2D eigenvalue weighted by Crippen LogP contribution is -2.35. The first-order valence-electron chi connectivity index (χ1n) is 5.15. The number of aromatic nitrogens is 1. The van der Waals surface area contributed by atoms with Gasteiger partial charge in [-0.3, -0.25) is 9.78 Å². The standard InChI is InChI=1S/C11H17N3O2/c1-12-6-7-14(2)11(15)9-16-10-4-3-5-13-8-10/h3-5,8,12H,6-7,9H2,1-2H3. The Hall–Kier alpha value is -1.62. The highest BCUT2D eigenvalue weighted by atomic mass is 16.5. The molecule has 1 amide bonds. The first-order chi connectivity index (χ1) is 7.74. The van der Waals surface area contributed by atoms with Gasteiger partial charge in [0, 0.05) is 26.3 Å². The molecule has 0 saturated heterocycles. The second-order valence-corrected chi connectivity index (χ2v) is 3.40. The fourth-order valence-corrected chi connectivity index (χ4v) is 1.09. The summed E-state index contributed by atoms with van der Waals surface area (Å²) in [6.45, 7) is 1.49. The molecular formula is C11H17N3O2. The third kappa shape index (κ3) is 4.27. The largest absolute Gasteiger partial charge is 0.482 e. The smallest absolute Gasteiger partial charge is 0.260 e. The summed E-state index contributed by atoms with van der Waals surface area (Å²) >= 11 is 0. The van der Waals surface area contributed by atoms with E-state index in [9.17, 15) is 4.79 Å². The Balaban J connectivity index is 2.29. The molecule has 0 radical (unpaired) electrons. The van der Waals surface area contributed by atoms with Gasteiger partial charge >= 0.3 is 0 Å². The highest BCUT2D eigenvalue weighted by Gasteiger charge is 2.08. The number of carbonyl (C=O) groups is 1. The molecule has 88 valence electrons. The summed E-state index contributed by atoms with van der Waals surface area (Å²) < 4.78 is 5.29. The summed E-state index contributed by atoms with van der Waals surface area (Å²) in [5, 5.41) is 2.98. The van der Waals surface area contributed by atoms with Gasteiger partial charge in [-0.25, -0.2) is 0 Å². The molecule has 0 aliphatic heterocycles. The second kappa shape index (κ2) is 6.79. The zero-order chi connectivity index (χ0) is 11.8. The summed E-state index contributed by atoms with van der Waals surface area (Å²) in [6, 6.07) is 3.54. The first kappa shape index (κ1) is 12.4. The second-order valence-electron chi connectivity index (χ2n) is 3.40. The minimum absolute atomic E-state index is 0.0425. The van der Waals surface area contributed by atoms with E-state index < -0.39 is 0 Å². The monoisotopic (exact) mass is 223 g/mol. The normalized spacial score (nSPS) is 9.88. The summed E-state index contributed by atoms with van der Waals surface area (Å²) in [6.07, 6.45) is 3.24. The van der Waals surface area contributed by atoms with Gasteiger partial charge in [0.05, 0.1) is 6.20 Å². The van der Waals surface area contributed by atoms with E-state index in [1.165, 1.54) is 0 Å². The molecule has 5 heteroatoms. The zero-order valence-electron chi connectivity index (χ0n) is 9.64. The quantitative estimate of drug-likeness (QED) is 0.745. The van der Waals surface area contributed by atoms with E-state index in [4.69, 9.17) is 4.74 Å². The van der Waals surface area contributed by atoms with Crippen molar-refractivity contribution in [3.63, 3.8) is 0 Å². The molecule has 0 spiro atoms. The van der Waals surface area contributed by atoms with Gasteiger partial charge in [-0.2, -0.15) is 0 Å². The van der Waals surface area contributed by atoms with E-state index in [0.29, 0.717) is 12.3 Å². The van der Waals surface area contributed by atoms with Crippen LogP contribution in [-0.2, 0) is 4.79 Å². The van der Waals surface area contributed by atoms with Crippen molar-refractivity contribution in [3.8, 4) is 5.75 Å². The van der Waals surface area contributed by atoms with Gasteiger partial charge < -0.3 is 15.0 Å². The van der Waals surface area contributed by atoms with Crippen LogP contribution in [-0.4, -0.2) is 49.6 Å². The van der Waals surface area contributed by atoms with Gasteiger partial charge in [0.15, 0.2) is 6.61 Å². The zero-order valence-corrected chi connectivity index (χ0v) is 9.64. The van der Waals surface area contributed by atoms with Crippen molar-refractivity contribution in [2.45, 2.75) is 0 Å². The van der Waals surface area contributed by atoms with Crippen LogP contribution in [0, 0.1) is 0 Å². The molecule has 5 nitrogen and oxygen atoms in total. The van der Waals surface area contributed by atoms with E-state index in [2.05, 4.69) is 10.3 Å². The number of carbonyl (C=O) groups excluding carboxylic acids is 1. The molecule has 0 bridgehead atoms. The Kier molecular flexibility index (Phi) is 5.28. The van der Waals surface area contributed by atoms with Gasteiger partial charge in [0.2, 0.25) is 0 Å². The van der Waals surface area contributed by atoms with Crippen molar-refractivity contribution in [2.75, 3.05) is 33.8 Å². The van der Waals surface area contributed by atoms with Gasteiger partial charge in [-0.1, -0.05) is 0 Å². The molecule has 1 rings (SSSR count). The van der Waals surface area contributed by atoms with Crippen LogP contribution in [0.1, 0.15) is 0 Å². The SMILES string of the molecule is CNCCN(C)C(=O)COc1cccnc1. The third-order valence-electron chi connectivity index (χ3n) is 2.12. The third-order valence-corrected chi connectivity index (χ3v) is 2.12. The number of pyridine rings is 1. The van der Waals surface area contributed by atoms with Crippen LogP contribution >= 0.6 is 0 Å². The number of nitrogens with zero attached hydrogens (tertiary/aromatic N) is 2. The van der Waals surface area contributed by atoms with E-state index in [-0.39, 0.29) is 12.5 Å². The van der Waals surface area contributed by atoms with Gasteiger partial charge in [0.1, 0.15) is 5.75 Å². The van der Waals surface area contributed by atoms with E-state index in [1.54, 1.807) is 36.5 Å². The van der Waals surface area contributed by atoms with Crippen LogP contribution in [0.3, 0.4) is 0 Å². The maximum absolute atomic E-state index is 11.6. The lowest BCUT2D eigenvalue weighted by Gasteiger charge is -2.16. The maximum Gasteiger partial charge on any atom is 0.260 e. The number of hydrogen-bond donors (Lipinski definition) is 1. The Morgan fingerprint density at radius 2 is 2.44 bits per heavy atom. The number of hydrogen-bond acceptors (Lipinski definition) is 4. The van der Waals surface area contributed by atoms with Crippen LogP contribution in [0.4, 0.5) is 0 Å². The minimum Gasteiger partial charge on any atom is -0.482 e. The molecule has 1 aromatic rings. The van der Waals surface area contributed by atoms with Crippen molar-refractivity contribution in [1.29, 1.82) is 0 Å². The molecule has 0 fully saturated rings. The highest BCUT2D eigenvalue weighted by molar-refractivity contribution is 5.77. The summed E-state index contributed by atoms with van der Waals surface area (Å²) in [5.74, 6) is 0.567. The Bertz CT molecular complexity index is 316. The van der Waals surface area contributed by atoms with Crippen LogP contribution < -0.4 is 10.1 Å². The molecule has 1 N–H and O–H groups in total. The number of rotatable bonds is 6. The molecule has 16 heavy (non-hydrogen) atoms. The molecule has 0 aliphatic rings. The molecule has 1 aromatic heterocycles. The van der Waals surface area contributed by atoms with Crippen LogP contribution in [0.25, 0.3) is 0 Å².